The van der Waals surface area contributed by atoms with E-state index in [-0.39, 0.29) is 0 Å². The van der Waals surface area contributed by atoms with E-state index in [2.05, 4.69) is 17.2 Å². The van der Waals surface area contributed by atoms with Crippen LogP contribution < -0.4 is 5.32 Å². The molecule has 0 saturated heterocycles. The van der Waals surface area contributed by atoms with Crippen molar-refractivity contribution >= 4 is 6.09 Å². The molecular formula is C16H21NO4. The van der Waals surface area contributed by atoms with Gasteiger partial charge in [0.15, 0.2) is 0 Å². The van der Waals surface area contributed by atoms with E-state index in [4.69, 9.17) is 4.74 Å². The van der Waals surface area contributed by atoms with Gasteiger partial charge in [0.1, 0.15) is 11.7 Å². The van der Waals surface area contributed by atoms with Crippen LogP contribution in [0, 0.1) is 11.8 Å². The number of aliphatic hydroxyl groups is 2. The Labute approximate surface area is 124 Å². The van der Waals surface area contributed by atoms with Crippen LogP contribution in [-0.4, -0.2) is 40.7 Å². The smallest absolute Gasteiger partial charge is 0.408 e. The number of nitrogens with one attached hydrogen (secondary N) is 1. The quantitative estimate of drug-likeness (QED) is 0.733. The van der Waals surface area contributed by atoms with Crippen molar-refractivity contribution in [3.8, 4) is 11.8 Å². The van der Waals surface area contributed by atoms with Crippen molar-refractivity contribution in [3.05, 3.63) is 35.9 Å². The van der Waals surface area contributed by atoms with Gasteiger partial charge in [-0.15, -0.1) is 0 Å². The molecule has 1 aromatic carbocycles. The summed E-state index contributed by atoms with van der Waals surface area (Å²) in [6.07, 6.45) is -1.90. The van der Waals surface area contributed by atoms with Gasteiger partial charge in [-0.3, -0.25) is 0 Å². The van der Waals surface area contributed by atoms with Crippen molar-refractivity contribution in [1.29, 1.82) is 0 Å². The molecule has 21 heavy (non-hydrogen) atoms. The van der Waals surface area contributed by atoms with E-state index in [0.29, 0.717) is 0 Å². The summed E-state index contributed by atoms with van der Waals surface area (Å²) in [5.41, 5.74) is 0.0932. The van der Waals surface area contributed by atoms with Gasteiger partial charge >= 0.3 is 6.09 Å². The van der Waals surface area contributed by atoms with Crippen molar-refractivity contribution < 1.29 is 19.7 Å². The fourth-order valence-corrected chi connectivity index (χ4v) is 1.46. The Hall–Kier alpha value is -2.03. The number of hydrogen-bond acceptors (Lipinski definition) is 4. The topological polar surface area (TPSA) is 78.8 Å². The van der Waals surface area contributed by atoms with E-state index in [9.17, 15) is 15.0 Å². The molecule has 1 aromatic rings. The largest absolute Gasteiger partial charge is 0.444 e. The minimum atomic E-state index is -1.19. The average Bonchev–Trinajstić information content (AvgIpc) is 2.41. The number of rotatable bonds is 3. The lowest BCUT2D eigenvalue weighted by Gasteiger charge is -2.23. The molecule has 0 aromatic heterocycles. The van der Waals surface area contributed by atoms with E-state index in [1.165, 1.54) is 0 Å². The Morgan fingerprint density at radius 1 is 1.33 bits per heavy atom. The highest BCUT2D eigenvalue weighted by Crippen LogP contribution is 2.07. The molecule has 2 atom stereocenters. The number of aliphatic hydroxyl groups excluding tert-OH is 2. The maximum Gasteiger partial charge on any atom is 0.408 e. The molecule has 3 N–H and O–H groups in total. The molecule has 5 heteroatoms. The average molecular weight is 291 g/mol. The lowest BCUT2D eigenvalue weighted by Crippen LogP contribution is -2.47. The van der Waals surface area contributed by atoms with Crippen molar-refractivity contribution in [2.75, 3.05) is 6.61 Å². The summed E-state index contributed by atoms with van der Waals surface area (Å²) >= 11 is 0. The molecular weight excluding hydrogens is 270 g/mol. The third-order valence-corrected chi connectivity index (χ3v) is 2.42. The maximum absolute atomic E-state index is 11.6. The monoisotopic (exact) mass is 291 g/mol. The summed E-state index contributed by atoms with van der Waals surface area (Å²) < 4.78 is 5.06. The molecule has 0 unspecified atom stereocenters. The number of benzene rings is 1. The molecule has 0 aliphatic rings. The minimum absolute atomic E-state index is 0.441. The van der Waals surface area contributed by atoms with Gasteiger partial charge in [0, 0.05) is 5.56 Å². The van der Waals surface area contributed by atoms with Gasteiger partial charge in [-0.05, 0) is 32.9 Å². The van der Waals surface area contributed by atoms with Gasteiger partial charge in [0.25, 0.3) is 0 Å². The first kappa shape index (κ1) is 17.0. The van der Waals surface area contributed by atoms with Crippen LogP contribution in [0.4, 0.5) is 4.79 Å². The number of carbonyl (C=O) groups excluding carboxylic acids is 1. The molecule has 0 aliphatic heterocycles. The number of hydrogen-bond donors (Lipinski definition) is 3. The molecule has 0 saturated carbocycles. The van der Waals surface area contributed by atoms with Gasteiger partial charge < -0.3 is 20.3 Å². The van der Waals surface area contributed by atoms with Crippen molar-refractivity contribution in [3.63, 3.8) is 0 Å². The van der Waals surface area contributed by atoms with E-state index in [0.717, 1.165) is 5.56 Å². The third-order valence-electron chi connectivity index (χ3n) is 2.42. The summed E-state index contributed by atoms with van der Waals surface area (Å²) in [4.78, 5) is 11.6. The summed E-state index contributed by atoms with van der Waals surface area (Å²) in [6.45, 7) is 4.74. The summed E-state index contributed by atoms with van der Waals surface area (Å²) in [6, 6.07) is 8.22. The second kappa shape index (κ2) is 7.67. The Balaban J connectivity index is 2.64. The van der Waals surface area contributed by atoms with Crippen LogP contribution in [0.3, 0.4) is 0 Å². The van der Waals surface area contributed by atoms with Crippen LogP contribution in [0.15, 0.2) is 30.3 Å². The van der Waals surface area contributed by atoms with Crippen molar-refractivity contribution in [2.24, 2.45) is 0 Å². The fourth-order valence-electron chi connectivity index (χ4n) is 1.46. The zero-order chi connectivity index (χ0) is 15.9. The van der Waals surface area contributed by atoms with E-state index >= 15 is 0 Å². The van der Waals surface area contributed by atoms with Crippen molar-refractivity contribution in [1.82, 2.24) is 5.32 Å². The molecule has 0 spiro atoms. The van der Waals surface area contributed by atoms with Crippen LogP contribution in [0.5, 0.6) is 0 Å². The Kier molecular flexibility index (Phi) is 6.22. The molecule has 0 aliphatic carbocycles. The third kappa shape index (κ3) is 6.80. The van der Waals surface area contributed by atoms with Crippen LogP contribution in [0.1, 0.15) is 26.3 Å². The Morgan fingerprint density at radius 3 is 2.48 bits per heavy atom. The Bertz CT molecular complexity index is 511. The van der Waals surface area contributed by atoms with E-state index in [1.807, 2.05) is 18.2 Å². The zero-order valence-electron chi connectivity index (χ0n) is 12.5. The molecule has 0 bridgehead atoms. The van der Waals surface area contributed by atoms with E-state index < -0.39 is 30.4 Å². The molecule has 0 fully saturated rings. The van der Waals surface area contributed by atoms with Gasteiger partial charge in [-0.25, -0.2) is 4.79 Å². The van der Waals surface area contributed by atoms with Gasteiger partial charge in [-0.2, -0.15) is 0 Å². The standard InChI is InChI=1S/C16H21NO4/c1-16(2,3)21-15(20)17-13(11-18)14(19)10-9-12-7-5-4-6-8-12/h4-8,13-14,18-19H,11H2,1-3H3,(H,17,20)/t13-,14-/m0/s1. The van der Waals surface area contributed by atoms with Crippen LogP contribution in [0.2, 0.25) is 0 Å². The van der Waals surface area contributed by atoms with Crippen LogP contribution in [0.25, 0.3) is 0 Å². The highest BCUT2D eigenvalue weighted by molar-refractivity contribution is 5.68. The molecule has 1 amide bonds. The first-order chi connectivity index (χ1) is 9.81. The normalized spacial score (nSPS) is 13.6. The highest BCUT2D eigenvalue weighted by Gasteiger charge is 2.22. The Morgan fingerprint density at radius 2 is 1.95 bits per heavy atom. The second-order valence-electron chi connectivity index (χ2n) is 5.52. The fraction of sp³-hybridized carbons (Fsp3) is 0.438. The number of amides is 1. The van der Waals surface area contributed by atoms with Crippen molar-refractivity contribution in [2.45, 2.75) is 38.5 Å². The first-order valence-electron chi connectivity index (χ1n) is 6.67. The number of ether oxygens (including phenoxy) is 1. The SMILES string of the molecule is CC(C)(C)OC(=O)N[C@@H](CO)[C@@H](O)C#Cc1ccccc1. The van der Waals surface area contributed by atoms with Crippen LogP contribution in [-0.2, 0) is 4.74 Å². The van der Waals surface area contributed by atoms with Gasteiger partial charge in [-0.1, -0.05) is 30.0 Å². The molecule has 0 heterocycles. The summed E-state index contributed by atoms with van der Waals surface area (Å²) in [5, 5.41) is 21.6. The minimum Gasteiger partial charge on any atom is -0.444 e. The number of alkyl carbamates (subject to hydrolysis) is 1. The van der Waals surface area contributed by atoms with E-state index in [1.54, 1.807) is 32.9 Å². The first-order valence-corrected chi connectivity index (χ1v) is 6.67. The molecule has 5 nitrogen and oxygen atoms in total. The predicted molar refractivity (Wildman–Crippen MR) is 79.6 cm³/mol. The molecule has 114 valence electrons. The molecule has 1 rings (SSSR count). The highest BCUT2D eigenvalue weighted by atomic mass is 16.6. The lowest BCUT2D eigenvalue weighted by molar-refractivity contribution is 0.0413. The number of carbonyl (C=O) groups is 1. The second-order valence-corrected chi connectivity index (χ2v) is 5.52. The van der Waals surface area contributed by atoms with Gasteiger partial charge in [0.05, 0.1) is 12.6 Å². The maximum atomic E-state index is 11.6. The summed E-state index contributed by atoms with van der Waals surface area (Å²) in [5.74, 6) is 5.37. The predicted octanol–water partition coefficient (Wildman–Crippen LogP) is 1.28. The zero-order valence-corrected chi connectivity index (χ0v) is 12.5. The summed E-state index contributed by atoms with van der Waals surface area (Å²) in [7, 11) is 0. The van der Waals surface area contributed by atoms with Crippen LogP contribution >= 0.6 is 0 Å². The lowest BCUT2D eigenvalue weighted by atomic mass is 10.1. The van der Waals surface area contributed by atoms with Gasteiger partial charge in [0.2, 0.25) is 0 Å². The molecule has 0 radical (unpaired) electrons.